The minimum Gasteiger partial charge on any atom is -0.486 e. The second-order valence-electron chi connectivity index (χ2n) is 3.31. The van der Waals surface area contributed by atoms with E-state index in [-0.39, 0.29) is 12.4 Å². The van der Waals surface area contributed by atoms with Gasteiger partial charge < -0.3 is 4.74 Å². The quantitative estimate of drug-likeness (QED) is 0.709. The van der Waals surface area contributed by atoms with Gasteiger partial charge in [0, 0.05) is 0 Å². The number of rotatable bonds is 3. The molecule has 0 fully saturated rings. The van der Waals surface area contributed by atoms with Crippen LogP contribution in [0.5, 0.6) is 5.75 Å². The molecule has 1 rings (SSSR count). The van der Waals surface area contributed by atoms with E-state index in [1.165, 1.54) is 6.92 Å². The molecule has 0 heterocycles. The Hall–Kier alpha value is -1.31. The Morgan fingerprint density at radius 1 is 1.23 bits per heavy atom. The van der Waals surface area contributed by atoms with Gasteiger partial charge in [0.25, 0.3) is 0 Å². The van der Waals surface area contributed by atoms with Crippen molar-refractivity contribution >= 4 is 5.78 Å². The summed E-state index contributed by atoms with van der Waals surface area (Å²) in [6.45, 7) is 5.69. The molecule has 0 aromatic heterocycles. The van der Waals surface area contributed by atoms with Crippen LogP contribution in [0.2, 0.25) is 0 Å². The standard InChI is InChI=1S/C11H14O2/c1-8-4-9(2)6-11(5-8)13-7-10(3)12/h4-6H,7H2,1-3H3. The average Bonchev–Trinajstić information content (AvgIpc) is 1.99. The molecule has 0 saturated carbocycles. The lowest BCUT2D eigenvalue weighted by Gasteiger charge is -2.05. The molecular weight excluding hydrogens is 164 g/mol. The van der Waals surface area contributed by atoms with E-state index in [9.17, 15) is 4.79 Å². The lowest BCUT2D eigenvalue weighted by atomic mass is 10.1. The number of carbonyl (C=O) groups excluding carboxylic acids is 1. The largest absolute Gasteiger partial charge is 0.486 e. The van der Waals surface area contributed by atoms with Gasteiger partial charge in [-0.3, -0.25) is 4.79 Å². The van der Waals surface area contributed by atoms with Gasteiger partial charge >= 0.3 is 0 Å². The van der Waals surface area contributed by atoms with E-state index in [4.69, 9.17) is 4.74 Å². The van der Waals surface area contributed by atoms with Crippen molar-refractivity contribution in [3.05, 3.63) is 29.3 Å². The number of Topliss-reactive ketones (excluding diaryl/α,β-unsaturated/α-hetero) is 1. The fraction of sp³-hybridized carbons (Fsp3) is 0.364. The fourth-order valence-corrected chi connectivity index (χ4v) is 1.20. The summed E-state index contributed by atoms with van der Waals surface area (Å²) in [6, 6.07) is 5.92. The van der Waals surface area contributed by atoms with Crippen molar-refractivity contribution in [3.8, 4) is 5.75 Å². The van der Waals surface area contributed by atoms with Crippen molar-refractivity contribution in [1.82, 2.24) is 0 Å². The minimum absolute atomic E-state index is 0.0409. The third-order valence-corrected chi connectivity index (χ3v) is 1.64. The Kier molecular flexibility index (Phi) is 3.07. The zero-order valence-corrected chi connectivity index (χ0v) is 8.26. The topological polar surface area (TPSA) is 26.3 Å². The molecule has 0 aliphatic heterocycles. The van der Waals surface area contributed by atoms with Crippen molar-refractivity contribution in [2.24, 2.45) is 0 Å². The molecule has 0 radical (unpaired) electrons. The highest BCUT2D eigenvalue weighted by Crippen LogP contribution is 2.15. The summed E-state index contributed by atoms with van der Waals surface area (Å²) >= 11 is 0. The number of hydrogen-bond acceptors (Lipinski definition) is 2. The van der Waals surface area contributed by atoms with Crippen LogP contribution in [-0.2, 0) is 4.79 Å². The molecule has 70 valence electrons. The molecule has 0 bridgehead atoms. The van der Waals surface area contributed by atoms with Crippen LogP contribution in [0, 0.1) is 13.8 Å². The van der Waals surface area contributed by atoms with Gasteiger partial charge in [-0.25, -0.2) is 0 Å². The number of hydrogen-bond donors (Lipinski definition) is 0. The van der Waals surface area contributed by atoms with Crippen molar-refractivity contribution < 1.29 is 9.53 Å². The molecule has 0 N–H and O–H groups in total. The first kappa shape index (κ1) is 9.78. The van der Waals surface area contributed by atoms with Crippen molar-refractivity contribution in [2.75, 3.05) is 6.61 Å². The maximum absolute atomic E-state index is 10.7. The molecule has 0 aliphatic rings. The summed E-state index contributed by atoms with van der Waals surface area (Å²) in [6.07, 6.45) is 0. The molecule has 2 nitrogen and oxygen atoms in total. The average molecular weight is 178 g/mol. The smallest absolute Gasteiger partial charge is 0.167 e. The molecule has 0 saturated heterocycles. The zero-order chi connectivity index (χ0) is 9.84. The van der Waals surface area contributed by atoms with E-state index in [0.29, 0.717) is 0 Å². The number of benzene rings is 1. The highest BCUT2D eigenvalue weighted by atomic mass is 16.5. The third-order valence-electron chi connectivity index (χ3n) is 1.64. The molecule has 0 atom stereocenters. The van der Waals surface area contributed by atoms with Crippen LogP contribution in [-0.4, -0.2) is 12.4 Å². The van der Waals surface area contributed by atoms with Crippen molar-refractivity contribution in [3.63, 3.8) is 0 Å². The zero-order valence-electron chi connectivity index (χ0n) is 8.26. The van der Waals surface area contributed by atoms with Crippen LogP contribution < -0.4 is 4.74 Å². The number of aryl methyl sites for hydroxylation is 2. The molecule has 2 heteroatoms. The molecule has 0 aliphatic carbocycles. The van der Waals surface area contributed by atoms with Crippen molar-refractivity contribution in [2.45, 2.75) is 20.8 Å². The van der Waals surface area contributed by atoms with E-state index in [0.717, 1.165) is 16.9 Å². The van der Waals surface area contributed by atoms with E-state index in [1.54, 1.807) is 0 Å². The minimum atomic E-state index is 0.0409. The summed E-state index contributed by atoms with van der Waals surface area (Å²) in [7, 11) is 0. The number of ether oxygens (including phenoxy) is 1. The molecule has 0 amide bonds. The van der Waals surface area contributed by atoms with Crippen LogP contribution in [0.1, 0.15) is 18.1 Å². The summed E-state index contributed by atoms with van der Waals surface area (Å²) in [5.74, 6) is 0.812. The molecular formula is C11H14O2. The molecule has 0 unspecified atom stereocenters. The van der Waals surface area contributed by atoms with Gasteiger partial charge in [0.15, 0.2) is 5.78 Å². The molecule has 1 aromatic carbocycles. The highest BCUT2D eigenvalue weighted by Gasteiger charge is 1.98. The summed E-state index contributed by atoms with van der Waals surface area (Å²) in [4.78, 5) is 10.7. The van der Waals surface area contributed by atoms with Gasteiger partial charge in [-0.05, 0) is 44.0 Å². The Bertz CT molecular complexity index is 296. The van der Waals surface area contributed by atoms with E-state index < -0.39 is 0 Å². The Morgan fingerprint density at radius 2 is 1.77 bits per heavy atom. The number of carbonyl (C=O) groups is 1. The molecule has 13 heavy (non-hydrogen) atoms. The van der Waals surface area contributed by atoms with E-state index in [1.807, 2.05) is 26.0 Å². The summed E-state index contributed by atoms with van der Waals surface area (Å²) in [5, 5.41) is 0. The third kappa shape index (κ3) is 3.28. The second kappa shape index (κ2) is 4.08. The van der Waals surface area contributed by atoms with Gasteiger partial charge in [-0.15, -0.1) is 0 Å². The van der Waals surface area contributed by atoms with E-state index in [2.05, 4.69) is 6.07 Å². The Morgan fingerprint density at radius 3 is 2.23 bits per heavy atom. The Labute approximate surface area is 78.5 Å². The van der Waals surface area contributed by atoms with Crippen LogP contribution >= 0.6 is 0 Å². The lowest BCUT2D eigenvalue weighted by molar-refractivity contribution is -0.118. The first-order valence-electron chi connectivity index (χ1n) is 4.28. The summed E-state index contributed by atoms with van der Waals surface area (Å²) in [5.41, 5.74) is 2.30. The first-order valence-corrected chi connectivity index (χ1v) is 4.28. The van der Waals surface area contributed by atoms with Gasteiger partial charge in [0.1, 0.15) is 12.4 Å². The van der Waals surface area contributed by atoms with Crippen LogP contribution in [0.25, 0.3) is 0 Å². The van der Waals surface area contributed by atoms with Gasteiger partial charge in [-0.2, -0.15) is 0 Å². The van der Waals surface area contributed by atoms with Crippen LogP contribution in [0.4, 0.5) is 0 Å². The molecule has 0 spiro atoms. The van der Waals surface area contributed by atoms with Crippen LogP contribution in [0.15, 0.2) is 18.2 Å². The molecule has 1 aromatic rings. The monoisotopic (exact) mass is 178 g/mol. The van der Waals surface area contributed by atoms with Gasteiger partial charge in [-0.1, -0.05) is 6.07 Å². The predicted octanol–water partition coefficient (Wildman–Crippen LogP) is 2.27. The predicted molar refractivity (Wildman–Crippen MR) is 52.1 cm³/mol. The van der Waals surface area contributed by atoms with Crippen molar-refractivity contribution in [1.29, 1.82) is 0 Å². The normalized spacial score (nSPS) is 9.77. The maximum atomic E-state index is 10.7. The Balaban J connectivity index is 2.71. The van der Waals surface area contributed by atoms with Crippen LogP contribution in [0.3, 0.4) is 0 Å². The SMILES string of the molecule is CC(=O)COc1cc(C)cc(C)c1. The van der Waals surface area contributed by atoms with Gasteiger partial charge in [0.05, 0.1) is 0 Å². The fourth-order valence-electron chi connectivity index (χ4n) is 1.20. The summed E-state index contributed by atoms with van der Waals surface area (Å²) < 4.78 is 5.28. The maximum Gasteiger partial charge on any atom is 0.167 e. The van der Waals surface area contributed by atoms with Gasteiger partial charge in [0.2, 0.25) is 0 Å². The first-order chi connectivity index (χ1) is 6.08. The second-order valence-corrected chi connectivity index (χ2v) is 3.31. The highest BCUT2D eigenvalue weighted by molar-refractivity contribution is 5.77. The van der Waals surface area contributed by atoms with E-state index >= 15 is 0 Å². The number of ketones is 1. The lowest BCUT2D eigenvalue weighted by Crippen LogP contribution is -2.06.